The van der Waals surface area contributed by atoms with Gasteiger partial charge < -0.3 is 57.7 Å². The fourth-order valence-corrected chi connectivity index (χ4v) is 10.2. The van der Waals surface area contributed by atoms with Crippen molar-refractivity contribution in [3.8, 4) is 0 Å². The summed E-state index contributed by atoms with van der Waals surface area (Å²) in [7, 11) is 2.95. The maximum atomic E-state index is 14.9. The number of amides is 2. The summed E-state index contributed by atoms with van der Waals surface area (Å²) < 4.78 is 55.0. The average Bonchev–Trinajstić information content (AvgIpc) is 3.74. The minimum absolute atomic E-state index is 0.0190. The molecule has 0 spiro atoms. The number of oxime groups is 1. The molecular formula is C57H73N3O16. The molecular weight excluding hydrogens is 983 g/mol. The molecule has 0 saturated carbocycles. The molecule has 19 heteroatoms. The smallest absolute Gasteiger partial charge is 0.457 e. The molecule has 0 radical (unpaired) electrons. The Morgan fingerprint density at radius 2 is 1.46 bits per heavy atom. The summed E-state index contributed by atoms with van der Waals surface area (Å²) in [6.45, 7) is 13.0. The predicted octanol–water partition coefficient (Wildman–Crippen LogP) is 8.61. The van der Waals surface area contributed by atoms with Crippen molar-refractivity contribution in [3.05, 3.63) is 114 Å². The van der Waals surface area contributed by atoms with Crippen LogP contribution < -0.4 is 5.32 Å². The lowest BCUT2D eigenvalue weighted by Crippen LogP contribution is -2.61. The van der Waals surface area contributed by atoms with Crippen LogP contribution in [-0.4, -0.2) is 128 Å². The highest BCUT2D eigenvalue weighted by atomic mass is 16.8. The SMILES string of the molecule is CC[C@H]1OC(=O)[C@H](C)C(=O)[C@H](C)[C@@H](O[C@@H]2O[C@H](C)C[C@H](N(C)C(=O)OCc3ccccc3)[C@H]2OC(=O)OCc2ccccc2)[C@@](C)(OC)C[C@@H](C)/C(=N\OCC(=O)NC/C=C/c2ccccc2)[C@H](C)[C@H]2OC(=O)O[C@@]21C. The summed E-state index contributed by atoms with van der Waals surface area (Å²) in [6, 6.07) is 26.8. The molecule has 2 amide bonds. The number of nitrogens with one attached hydrogen (secondary N) is 1. The number of carbonyl (C=O) groups excluding carboxylic acids is 6. The van der Waals surface area contributed by atoms with Gasteiger partial charge in [-0.2, -0.15) is 0 Å². The van der Waals surface area contributed by atoms with Crippen molar-refractivity contribution >= 4 is 47.9 Å². The van der Waals surface area contributed by atoms with E-state index in [9.17, 15) is 28.8 Å². The van der Waals surface area contributed by atoms with E-state index in [0.29, 0.717) is 11.3 Å². The first-order valence-electron chi connectivity index (χ1n) is 25.8. The molecule has 0 unspecified atom stereocenters. The summed E-state index contributed by atoms with van der Waals surface area (Å²) >= 11 is 0. The maximum Gasteiger partial charge on any atom is 0.509 e. The minimum Gasteiger partial charge on any atom is -0.457 e. The van der Waals surface area contributed by atoms with Gasteiger partial charge in [-0.05, 0) is 63.6 Å². The zero-order chi connectivity index (χ0) is 55.2. The third-order valence-corrected chi connectivity index (χ3v) is 14.4. The van der Waals surface area contributed by atoms with Crippen molar-refractivity contribution in [1.82, 2.24) is 10.2 Å². The topological polar surface area (TPSA) is 222 Å². The fourth-order valence-electron chi connectivity index (χ4n) is 10.2. The van der Waals surface area contributed by atoms with Crippen molar-refractivity contribution in [3.63, 3.8) is 0 Å². The van der Waals surface area contributed by atoms with E-state index in [4.69, 9.17) is 47.5 Å². The Morgan fingerprint density at radius 1 is 0.842 bits per heavy atom. The van der Waals surface area contributed by atoms with Crippen LogP contribution in [0.5, 0.6) is 0 Å². The lowest BCUT2D eigenvalue weighted by molar-refractivity contribution is -0.295. The molecule has 3 heterocycles. The van der Waals surface area contributed by atoms with E-state index in [-0.39, 0.29) is 39.0 Å². The molecule has 3 fully saturated rings. The van der Waals surface area contributed by atoms with Crippen molar-refractivity contribution in [2.24, 2.45) is 28.8 Å². The van der Waals surface area contributed by atoms with E-state index in [1.54, 1.807) is 71.9 Å². The first-order valence-corrected chi connectivity index (χ1v) is 25.8. The van der Waals surface area contributed by atoms with Gasteiger partial charge in [-0.25, -0.2) is 14.4 Å². The van der Waals surface area contributed by atoms with Gasteiger partial charge in [-0.1, -0.05) is 136 Å². The van der Waals surface area contributed by atoms with Crippen LogP contribution in [0.3, 0.4) is 0 Å². The molecule has 3 saturated heterocycles. The highest BCUT2D eigenvalue weighted by Crippen LogP contribution is 2.42. The number of ketones is 1. The third-order valence-electron chi connectivity index (χ3n) is 14.4. The van der Waals surface area contributed by atoms with Crippen molar-refractivity contribution in [2.75, 3.05) is 27.3 Å². The molecule has 0 aromatic heterocycles. The number of rotatable bonds is 16. The van der Waals surface area contributed by atoms with E-state index in [0.717, 1.165) is 11.1 Å². The lowest BCUT2D eigenvalue weighted by atomic mass is 9.74. The largest absolute Gasteiger partial charge is 0.509 e. The molecule has 3 aromatic rings. The standard InChI is InChI=1S/C57H73N3O16/c1-11-44-57(8)50(75-55(66)76-57)37(4)46(59-70-34-45(61)58-29-21-28-40-22-15-12-16-23-40)35(2)31-56(7,67-10)49(38(5)47(62)39(6)51(63)72-44)74-52-48(73-54(65)69-33-42-26-19-14-20-27-42)43(30-36(3)71-52)60(9)53(64)68-32-41-24-17-13-18-25-41/h12-28,35-39,43-44,48-50,52H,11,29-34H2,1-10H3,(H,58,61)/b28-21+,59-46+/t35-,36-,37+,38+,39-,43+,44-,48-,49-,50-,52+,56+,57-/m1/s1. The van der Waals surface area contributed by atoms with Gasteiger partial charge in [-0.15, -0.1) is 0 Å². The number of Topliss-reactive ketones (excluding diaryl/α,β-unsaturated/α-hetero) is 1. The Morgan fingerprint density at radius 3 is 2.08 bits per heavy atom. The van der Waals surface area contributed by atoms with Crippen LogP contribution in [0.4, 0.5) is 14.4 Å². The van der Waals surface area contributed by atoms with Gasteiger partial charge in [-0.3, -0.25) is 14.4 Å². The second-order valence-electron chi connectivity index (χ2n) is 20.1. The van der Waals surface area contributed by atoms with Gasteiger partial charge in [0.15, 0.2) is 36.5 Å². The van der Waals surface area contributed by atoms with Gasteiger partial charge >= 0.3 is 24.4 Å². The summed E-state index contributed by atoms with van der Waals surface area (Å²) in [4.78, 5) is 90.0. The van der Waals surface area contributed by atoms with Crippen LogP contribution in [0.2, 0.25) is 0 Å². The fraction of sp³-hybridized carbons (Fsp3) is 0.526. The van der Waals surface area contributed by atoms with Crippen molar-refractivity contribution < 1.29 is 76.2 Å². The zero-order valence-corrected chi connectivity index (χ0v) is 45.0. The van der Waals surface area contributed by atoms with Crippen LogP contribution in [0.15, 0.2) is 102 Å². The molecule has 0 aliphatic carbocycles. The number of nitrogens with zero attached hydrogens (tertiary/aromatic N) is 2. The average molecular weight is 1060 g/mol. The number of fused-ring (bicyclic) bond motifs is 1. The Balaban J connectivity index is 1.36. The van der Waals surface area contributed by atoms with E-state index in [1.165, 1.54) is 26.0 Å². The number of esters is 1. The van der Waals surface area contributed by atoms with Gasteiger partial charge in [0.2, 0.25) is 0 Å². The quantitative estimate of drug-likeness (QED) is 0.0614. The van der Waals surface area contributed by atoms with Crippen molar-refractivity contribution in [1.29, 1.82) is 0 Å². The number of hydrogen-bond acceptors (Lipinski definition) is 17. The third kappa shape index (κ3) is 14.8. The van der Waals surface area contributed by atoms with E-state index >= 15 is 0 Å². The first kappa shape index (κ1) is 58.4. The predicted molar refractivity (Wildman–Crippen MR) is 277 cm³/mol. The van der Waals surface area contributed by atoms with E-state index in [2.05, 4.69) is 10.5 Å². The summed E-state index contributed by atoms with van der Waals surface area (Å²) in [5.41, 5.74) is -0.356. The Kier molecular flexibility index (Phi) is 20.6. The lowest BCUT2D eigenvalue weighted by Gasteiger charge is -2.47. The highest BCUT2D eigenvalue weighted by molar-refractivity contribution is 6.00. The Labute approximate surface area is 444 Å². The number of likely N-dealkylation sites (N-methyl/N-ethyl adjacent to an activating group) is 1. The molecule has 3 aliphatic rings. The van der Waals surface area contributed by atoms with Crippen LogP contribution in [0, 0.1) is 23.7 Å². The normalized spacial score (nSPS) is 30.7. The van der Waals surface area contributed by atoms with Crippen LogP contribution in [0.25, 0.3) is 6.08 Å². The van der Waals surface area contributed by atoms with Gasteiger partial charge in [0.1, 0.15) is 25.2 Å². The molecule has 76 heavy (non-hydrogen) atoms. The summed E-state index contributed by atoms with van der Waals surface area (Å²) in [5.74, 6) is -6.00. The van der Waals surface area contributed by atoms with Gasteiger partial charge in [0.25, 0.3) is 5.91 Å². The van der Waals surface area contributed by atoms with E-state index in [1.807, 2.05) is 79.7 Å². The Bertz CT molecular complexity index is 2500. The van der Waals surface area contributed by atoms with Crippen LogP contribution in [0.1, 0.15) is 91.3 Å². The molecule has 412 valence electrons. The summed E-state index contributed by atoms with van der Waals surface area (Å²) in [5, 5.41) is 7.33. The van der Waals surface area contributed by atoms with Gasteiger partial charge in [0.05, 0.1) is 29.6 Å². The summed E-state index contributed by atoms with van der Waals surface area (Å²) in [6.07, 6.45) is -5.85. The number of carbonyl (C=O) groups is 6. The Hall–Kier alpha value is -6.83. The first-order chi connectivity index (χ1) is 36.3. The van der Waals surface area contributed by atoms with Crippen LogP contribution in [-0.2, 0) is 75.1 Å². The number of cyclic esters (lactones) is 1. The molecule has 3 aromatic carbocycles. The number of hydrogen-bond donors (Lipinski definition) is 1. The van der Waals surface area contributed by atoms with Crippen molar-refractivity contribution in [2.45, 2.75) is 142 Å². The zero-order valence-electron chi connectivity index (χ0n) is 45.0. The number of methoxy groups -OCH3 is 1. The number of ether oxygens (including phenoxy) is 9. The van der Waals surface area contributed by atoms with Gasteiger partial charge in [0, 0.05) is 38.5 Å². The molecule has 19 nitrogen and oxygen atoms in total. The second kappa shape index (κ2) is 26.8. The molecule has 3 aliphatic heterocycles. The molecule has 0 bridgehead atoms. The number of benzene rings is 3. The maximum absolute atomic E-state index is 14.9. The minimum atomic E-state index is -1.57. The van der Waals surface area contributed by atoms with Crippen LogP contribution >= 0.6 is 0 Å². The monoisotopic (exact) mass is 1060 g/mol. The van der Waals surface area contributed by atoms with E-state index < -0.39 is 120 Å². The second-order valence-corrected chi connectivity index (χ2v) is 20.1. The molecule has 13 atom stereocenters. The molecule has 1 N–H and O–H groups in total. The highest BCUT2D eigenvalue weighted by Gasteiger charge is 2.59. The molecule has 6 rings (SSSR count).